The topological polar surface area (TPSA) is 73.6 Å². The van der Waals surface area contributed by atoms with Crippen molar-refractivity contribution < 1.29 is 14.3 Å². The van der Waals surface area contributed by atoms with E-state index < -0.39 is 5.54 Å². The van der Waals surface area contributed by atoms with Crippen LogP contribution in [0.25, 0.3) is 0 Å². The van der Waals surface area contributed by atoms with Gasteiger partial charge in [0.2, 0.25) is 5.91 Å². The van der Waals surface area contributed by atoms with Gasteiger partial charge in [0.15, 0.2) is 0 Å². The Labute approximate surface area is 113 Å². The van der Waals surface area contributed by atoms with Gasteiger partial charge in [0.05, 0.1) is 18.1 Å². The molecule has 2 rings (SSSR count). The van der Waals surface area contributed by atoms with Crippen molar-refractivity contribution in [2.45, 2.75) is 12.0 Å². The molecule has 2 unspecified atom stereocenters. The maximum absolute atomic E-state index is 11.8. The molecule has 0 aliphatic carbocycles. The van der Waals surface area contributed by atoms with E-state index in [1.165, 1.54) is 0 Å². The maximum atomic E-state index is 11.8. The summed E-state index contributed by atoms with van der Waals surface area (Å²) in [7, 11) is 1.55. The second-order valence-corrected chi connectivity index (χ2v) is 4.92. The van der Waals surface area contributed by atoms with Crippen molar-refractivity contribution in [3.63, 3.8) is 0 Å². The fraction of sp³-hybridized carbons (Fsp3) is 0.500. The predicted octanol–water partition coefficient (Wildman–Crippen LogP) is 0.597. The Hall–Kier alpha value is -1.43. The molecule has 1 amide bonds. The van der Waals surface area contributed by atoms with Crippen LogP contribution < -0.4 is 11.1 Å². The minimum absolute atomic E-state index is 0.00638. The number of carbonyl (C=O) groups is 1. The summed E-state index contributed by atoms with van der Waals surface area (Å²) in [4.78, 5) is 11.8. The second kappa shape index (κ2) is 6.14. The molecule has 19 heavy (non-hydrogen) atoms. The first-order valence-electron chi connectivity index (χ1n) is 6.34. The van der Waals surface area contributed by atoms with Gasteiger partial charge in [-0.15, -0.1) is 0 Å². The number of carbonyl (C=O) groups excluding carboxylic acids is 1. The Kier molecular flexibility index (Phi) is 4.52. The molecule has 1 fully saturated rings. The zero-order valence-electron chi connectivity index (χ0n) is 11.1. The monoisotopic (exact) mass is 264 g/mol. The summed E-state index contributed by atoms with van der Waals surface area (Å²) in [6.07, 6.45) is 0.576. The van der Waals surface area contributed by atoms with Gasteiger partial charge in [-0.05, 0) is 12.0 Å². The van der Waals surface area contributed by atoms with E-state index >= 15 is 0 Å². The SMILES string of the molecule is COCOCC1CC(N)(c2ccccc2)CNC1=O. The van der Waals surface area contributed by atoms with Crippen LogP contribution in [0.5, 0.6) is 0 Å². The van der Waals surface area contributed by atoms with Crippen LogP contribution >= 0.6 is 0 Å². The van der Waals surface area contributed by atoms with Crippen molar-refractivity contribution >= 4 is 5.91 Å². The minimum Gasteiger partial charge on any atom is -0.359 e. The van der Waals surface area contributed by atoms with E-state index in [1.54, 1.807) is 7.11 Å². The lowest BCUT2D eigenvalue weighted by Gasteiger charge is -2.38. The molecule has 1 aliphatic heterocycles. The minimum atomic E-state index is -0.531. The second-order valence-electron chi connectivity index (χ2n) is 4.92. The van der Waals surface area contributed by atoms with E-state index in [0.717, 1.165) is 5.56 Å². The zero-order chi connectivity index (χ0) is 13.7. The third-order valence-electron chi connectivity index (χ3n) is 3.43. The fourth-order valence-electron chi connectivity index (χ4n) is 2.39. The standard InChI is InChI=1S/C14H20N2O3/c1-18-10-19-8-11-7-14(15,9-16-13(11)17)12-5-3-2-4-6-12/h2-6,11H,7-10,15H2,1H3,(H,16,17). The van der Waals surface area contributed by atoms with Crippen LogP contribution in [-0.2, 0) is 19.8 Å². The van der Waals surface area contributed by atoms with E-state index in [2.05, 4.69) is 5.32 Å². The largest absolute Gasteiger partial charge is 0.359 e. The number of piperidine rings is 1. The summed E-state index contributed by atoms with van der Waals surface area (Å²) < 4.78 is 10.1. The number of nitrogens with two attached hydrogens (primary N) is 1. The number of hydrogen-bond donors (Lipinski definition) is 2. The highest BCUT2D eigenvalue weighted by Crippen LogP contribution is 2.29. The molecule has 1 aromatic carbocycles. The van der Waals surface area contributed by atoms with Gasteiger partial charge in [-0.1, -0.05) is 30.3 Å². The first-order chi connectivity index (χ1) is 9.15. The van der Waals surface area contributed by atoms with Crippen molar-refractivity contribution in [3.8, 4) is 0 Å². The molecule has 3 N–H and O–H groups in total. The third-order valence-corrected chi connectivity index (χ3v) is 3.43. The van der Waals surface area contributed by atoms with Gasteiger partial charge in [0, 0.05) is 13.7 Å². The Morgan fingerprint density at radius 3 is 2.84 bits per heavy atom. The maximum Gasteiger partial charge on any atom is 0.225 e. The van der Waals surface area contributed by atoms with Crippen LogP contribution in [0, 0.1) is 5.92 Å². The number of benzene rings is 1. The molecule has 0 saturated carbocycles. The molecule has 0 aromatic heterocycles. The van der Waals surface area contributed by atoms with Gasteiger partial charge in [-0.25, -0.2) is 0 Å². The van der Waals surface area contributed by atoms with Gasteiger partial charge in [0.1, 0.15) is 6.79 Å². The molecular formula is C14H20N2O3. The van der Waals surface area contributed by atoms with Crippen molar-refractivity contribution in [3.05, 3.63) is 35.9 Å². The Bertz CT molecular complexity index is 424. The van der Waals surface area contributed by atoms with Crippen molar-refractivity contribution in [2.75, 3.05) is 27.1 Å². The molecule has 0 radical (unpaired) electrons. The first-order valence-corrected chi connectivity index (χ1v) is 6.34. The summed E-state index contributed by atoms with van der Waals surface area (Å²) in [5, 5.41) is 2.86. The summed E-state index contributed by atoms with van der Waals surface area (Å²) in [5.41, 5.74) is 6.94. The molecule has 1 aliphatic rings. The Morgan fingerprint density at radius 2 is 2.16 bits per heavy atom. The van der Waals surface area contributed by atoms with Crippen molar-refractivity contribution in [1.82, 2.24) is 5.32 Å². The van der Waals surface area contributed by atoms with E-state index in [1.807, 2.05) is 30.3 Å². The molecule has 0 bridgehead atoms. The van der Waals surface area contributed by atoms with Gasteiger partial charge < -0.3 is 20.5 Å². The van der Waals surface area contributed by atoms with Crippen LogP contribution in [0.2, 0.25) is 0 Å². The lowest BCUT2D eigenvalue weighted by Crippen LogP contribution is -2.56. The van der Waals surface area contributed by atoms with Crippen LogP contribution in [0.3, 0.4) is 0 Å². The average molecular weight is 264 g/mol. The molecule has 1 aromatic rings. The highest BCUT2D eigenvalue weighted by atomic mass is 16.7. The van der Waals surface area contributed by atoms with E-state index in [9.17, 15) is 4.79 Å². The summed E-state index contributed by atoms with van der Waals surface area (Å²) in [6.45, 7) is 0.967. The molecular weight excluding hydrogens is 244 g/mol. The first kappa shape index (κ1) is 14.0. The number of methoxy groups -OCH3 is 1. The highest BCUT2D eigenvalue weighted by molar-refractivity contribution is 5.80. The van der Waals surface area contributed by atoms with Gasteiger partial charge >= 0.3 is 0 Å². The molecule has 5 heteroatoms. The van der Waals surface area contributed by atoms with Gasteiger partial charge in [0.25, 0.3) is 0 Å². The highest BCUT2D eigenvalue weighted by Gasteiger charge is 2.38. The lowest BCUT2D eigenvalue weighted by atomic mass is 9.79. The molecule has 104 valence electrons. The molecule has 2 atom stereocenters. The lowest BCUT2D eigenvalue weighted by molar-refractivity contribution is -0.133. The number of hydrogen-bond acceptors (Lipinski definition) is 4. The average Bonchev–Trinajstić information content (AvgIpc) is 2.44. The van der Waals surface area contributed by atoms with Crippen LogP contribution in [0.1, 0.15) is 12.0 Å². The number of ether oxygens (including phenoxy) is 2. The molecule has 0 spiro atoms. The van der Waals surface area contributed by atoms with Gasteiger partial charge in [-0.2, -0.15) is 0 Å². The zero-order valence-corrected chi connectivity index (χ0v) is 11.1. The smallest absolute Gasteiger partial charge is 0.225 e. The molecule has 1 saturated heterocycles. The van der Waals surface area contributed by atoms with Gasteiger partial charge in [-0.3, -0.25) is 4.79 Å². The molecule has 5 nitrogen and oxygen atoms in total. The number of nitrogens with one attached hydrogen (secondary N) is 1. The third kappa shape index (κ3) is 3.32. The number of rotatable bonds is 5. The van der Waals surface area contributed by atoms with E-state index in [4.69, 9.17) is 15.2 Å². The summed E-state index contributed by atoms with van der Waals surface area (Å²) in [6, 6.07) is 9.84. The fourth-order valence-corrected chi connectivity index (χ4v) is 2.39. The van der Waals surface area contributed by atoms with Crippen LogP contribution in [0.4, 0.5) is 0 Å². The van der Waals surface area contributed by atoms with E-state index in [0.29, 0.717) is 19.6 Å². The van der Waals surface area contributed by atoms with Crippen molar-refractivity contribution in [1.29, 1.82) is 0 Å². The molecule has 1 heterocycles. The predicted molar refractivity (Wildman–Crippen MR) is 71.3 cm³/mol. The summed E-state index contributed by atoms with van der Waals surface area (Å²) in [5.74, 6) is -0.248. The Morgan fingerprint density at radius 1 is 1.42 bits per heavy atom. The Balaban J connectivity index is 2.05. The number of amides is 1. The van der Waals surface area contributed by atoms with Crippen LogP contribution in [0.15, 0.2) is 30.3 Å². The van der Waals surface area contributed by atoms with Crippen molar-refractivity contribution in [2.24, 2.45) is 11.7 Å². The van der Waals surface area contributed by atoms with Crippen LogP contribution in [-0.4, -0.2) is 33.0 Å². The normalized spacial score (nSPS) is 27.1. The summed E-state index contributed by atoms with van der Waals surface area (Å²) >= 11 is 0. The van der Waals surface area contributed by atoms with E-state index in [-0.39, 0.29) is 18.6 Å². The quantitative estimate of drug-likeness (QED) is 0.603.